The molecule has 0 amide bonds. The molecule has 2 nitrogen and oxygen atoms in total. The molecule has 1 aromatic carbocycles. The third kappa shape index (κ3) is 2.68. The topological polar surface area (TPSA) is 17.3 Å². The van der Waals surface area contributed by atoms with Crippen molar-refractivity contribution in [3.8, 4) is 10.4 Å². The van der Waals surface area contributed by atoms with Crippen molar-refractivity contribution in [2.75, 3.05) is 0 Å². The van der Waals surface area contributed by atoms with Gasteiger partial charge in [-0.25, -0.2) is 4.98 Å². The molecule has 21 heavy (non-hydrogen) atoms. The number of thiazole rings is 1. The molecule has 0 spiro atoms. The van der Waals surface area contributed by atoms with Gasteiger partial charge in [-0.05, 0) is 17.0 Å². The summed E-state index contributed by atoms with van der Waals surface area (Å²) in [6.45, 7) is 4.24. The minimum absolute atomic E-state index is 0.352. The molecule has 2 aromatic heterocycles. The average Bonchev–Trinajstić information content (AvgIpc) is 2.96. The van der Waals surface area contributed by atoms with Gasteiger partial charge in [-0.2, -0.15) is 13.2 Å². The lowest BCUT2D eigenvalue weighted by Gasteiger charge is -2.05. The number of aromatic nitrogens is 2. The highest BCUT2D eigenvalue weighted by Gasteiger charge is 2.34. The third-order valence-electron chi connectivity index (χ3n) is 3.31. The molecule has 0 fully saturated rings. The van der Waals surface area contributed by atoms with Crippen LogP contribution in [0.3, 0.4) is 0 Å². The molecule has 0 saturated heterocycles. The summed E-state index contributed by atoms with van der Waals surface area (Å²) >= 11 is 1.25. The number of hydrogen-bond acceptors (Lipinski definition) is 2. The highest BCUT2D eigenvalue weighted by atomic mass is 32.1. The molecule has 0 saturated carbocycles. The lowest BCUT2D eigenvalue weighted by atomic mass is 10.0. The van der Waals surface area contributed by atoms with E-state index in [1.54, 1.807) is 6.20 Å². The quantitative estimate of drug-likeness (QED) is 0.635. The molecule has 0 aliphatic heterocycles. The van der Waals surface area contributed by atoms with E-state index in [2.05, 4.69) is 18.8 Å². The number of halogens is 3. The van der Waals surface area contributed by atoms with E-state index in [1.807, 2.05) is 24.3 Å². The van der Waals surface area contributed by atoms with E-state index in [0.29, 0.717) is 10.9 Å². The normalized spacial score (nSPS) is 12.5. The highest BCUT2D eigenvalue weighted by molar-refractivity contribution is 7.20. The molecule has 3 aromatic rings. The first-order chi connectivity index (χ1) is 9.84. The van der Waals surface area contributed by atoms with Crippen molar-refractivity contribution < 1.29 is 13.2 Å². The molecule has 0 aliphatic rings. The van der Waals surface area contributed by atoms with Gasteiger partial charge in [-0.1, -0.05) is 49.4 Å². The van der Waals surface area contributed by atoms with Gasteiger partial charge in [0.25, 0.3) is 0 Å². The minimum Gasteiger partial charge on any atom is -0.296 e. The van der Waals surface area contributed by atoms with Gasteiger partial charge in [0.2, 0.25) is 0 Å². The maximum atomic E-state index is 12.6. The predicted octanol–water partition coefficient (Wildman–Crippen LogP) is 5.21. The fraction of sp³-hybridized carbons (Fsp3) is 0.267. The van der Waals surface area contributed by atoms with Crippen molar-refractivity contribution in [2.24, 2.45) is 0 Å². The van der Waals surface area contributed by atoms with Crippen molar-refractivity contribution in [3.63, 3.8) is 0 Å². The summed E-state index contributed by atoms with van der Waals surface area (Å²) < 4.78 is 39.2. The highest BCUT2D eigenvalue weighted by Crippen LogP contribution is 2.33. The fourth-order valence-electron chi connectivity index (χ4n) is 2.10. The average molecular weight is 310 g/mol. The van der Waals surface area contributed by atoms with E-state index in [-0.39, 0.29) is 0 Å². The Morgan fingerprint density at radius 2 is 1.76 bits per heavy atom. The molecule has 3 rings (SSSR count). The first-order valence-electron chi connectivity index (χ1n) is 6.50. The molecule has 110 valence electrons. The molecule has 2 heterocycles. The Morgan fingerprint density at radius 1 is 1.10 bits per heavy atom. The predicted molar refractivity (Wildman–Crippen MR) is 77.6 cm³/mol. The first kappa shape index (κ1) is 14.1. The van der Waals surface area contributed by atoms with E-state index in [1.165, 1.54) is 21.3 Å². The molecule has 0 aliphatic carbocycles. The number of imidazole rings is 1. The molecule has 0 radical (unpaired) electrons. The van der Waals surface area contributed by atoms with Crippen molar-refractivity contribution in [1.82, 2.24) is 9.38 Å². The summed E-state index contributed by atoms with van der Waals surface area (Å²) in [7, 11) is 0. The molecular formula is C15H13F3N2S. The van der Waals surface area contributed by atoms with Crippen LogP contribution in [0.1, 0.15) is 31.0 Å². The van der Waals surface area contributed by atoms with E-state index in [0.717, 1.165) is 16.6 Å². The Balaban J connectivity index is 1.96. The van der Waals surface area contributed by atoms with Crippen LogP contribution in [0.15, 0.2) is 36.7 Å². The molecular weight excluding hydrogens is 297 g/mol. The number of hydrogen-bond donors (Lipinski definition) is 0. The van der Waals surface area contributed by atoms with Crippen molar-refractivity contribution in [3.05, 3.63) is 47.9 Å². The van der Waals surface area contributed by atoms with E-state index in [9.17, 15) is 13.2 Å². The van der Waals surface area contributed by atoms with Crippen LogP contribution in [0.2, 0.25) is 0 Å². The summed E-state index contributed by atoms with van der Waals surface area (Å²) in [5.74, 6) is 0.453. The summed E-state index contributed by atoms with van der Waals surface area (Å²) in [5.41, 5.74) is 1.37. The Bertz CT molecular complexity index is 735. The van der Waals surface area contributed by atoms with Gasteiger partial charge < -0.3 is 0 Å². The largest absolute Gasteiger partial charge is 0.434 e. The lowest BCUT2D eigenvalue weighted by molar-refractivity contribution is -0.140. The lowest BCUT2D eigenvalue weighted by Crippen LogP contribution is -2.04. The van der Waals surface area contributed by atoms with Crippen molar-refractivity contribution in [2.45, 2.75) is 25.9 Å². The standard InChI is InChI=1S/C15H13F3N2S/c1-9(2)10-3-5-11(6-4-10)12-7-20-8-13(15(16,17)18)19-14(20)21-12/h3-9H,1-2H3. The smallest absolute Gasteiger partial charge is 0.296 e. The van der Waals surface area contributed by atoms with Gasteiger partial charge in [0.15, 0.2) is 10.7 Å². The van der Waals surface area contributed by atoms with Crippen molar-refractivity contribution in [1.29, 1.82) is 0 Å². The number of rotatable bonds is 2. The molecule has 6 heteroatoms. The van der Waals surface area contributed by atoms with E-state index < -0.39 is 11.9 Å². The van der Waals surface area contributed by atoms with Crippen LogP contribution in [0, 0.1) is 0 Å². The summed E-state index contributed by atoms with van der Waals surface area (Å²) in [4.78, 5) is 4.89. The van der Waals surface area contributed by atoms with Gasteiger partial charge in [0.1, 0.15) is 0 Å². The Kier molecular flexibility index (Phi) is 3.28. The molecule has 0 unspecified atom stereocenters. The van der Waals surface area contributed by atoms with Crippen LogP contribution in [-0.2, 0) is 6.18 Å². The molecule has 0 bridgehead atoms. The maximum Gasteiger partial charge on any atom is 0.434 e. The van der Waals surface area contributed by atoms with E-state index in [4.69, 9.17) is 0 Å². The number of alkyl halides is 3. The van der Waals surface area contributed by atoms with Crippen LogP contribution < -0.4 is 0 Å². The van der Waals surface area contributed by atoms with E-state index >= 15 is 0 Å². The number of nitrogens with zero attached hydrogens (tertiary/aromatic N) is 2. The van der Waals surface area contributed by atoms with Gasteiger partial charge in [-0.15, -0.1) is 0 Å². The van der Waals surface area contributed by atoms with Crippen LogP contribution in [0.25, 0.3) is 15.4 Å². The van der Waals surface area contributed by atoms with Crippen LogP contribution in [0.5, 0.6) is 0 Å². The summed E-state index contributed by atoms with van der Waals surface area (Å²) in [6, 6.07) is 8.07. The second-order valence-corrected chi connectivity index (χ2v) is 6.19. The van der Waals surface area contributed by atoms with Crippen molar-refractivity contribution >= 4 is 16.3 Å². The first-order valence-corrected chi connectivity index (χ1v) is 7.32. The van der Waals surface area contributed by atoms with Crippen LogP contribution in [-0.4, -0.2) is 9.38 Å². The molecule has 0 atom stereocenters. The SMILES string of the molecule is CC(C)c1ccc(-c2cn3cc(C(F)(F)F)nc3s2)cc1. The van der Waals surface area contributed by atoms with Crippen LogP contribution >= 0.6 is 11.3 Å². The fourth-order valence-corrected chi connectivity index (χ4v) is 3.07. The number of fused-ring (bicyclic) bond motifs is 1. The van der Waals surface area contributed by atoms with Gasteiger partial charge in [-0.3, -0.25) is 4.40 Å². The Labute approximate surface area is 123 Å². The zero-order valence-electron chi connectivity index (χ0n) is 11.5. The number of benzene rings is 1. The maximum absolute atomic E-state index is 12.6. The third-order valence-corrected chi connectivity index (χ3v) is 4.35. The Hall–Kier alpha value is -1.82. The summed E-state index contributed by atoms with van der Waals surface area (Å²) in [5, 5.41) is 0. The minimum atomic E-state index is -4.40. The Morgan fingerprint density at radius 3 is 2.29 bits per heavy atom. The zero-order chi connectivity index (χ0) is 15.2. The van der Waals surface area contributed by atoms with Gasteiger partial charge in [0, 0.05) is 12.4 Å². The van der Waals surface area contributed by atoms with Gasteiger partial charge >= 0.3 is 6.18 Å². The zero-order valence-corrected chi connectivity index (χ0v) is 12.3. The molecule has 0 N–H and O–H groups in total. The monoisotopic (exact) mass is 310 g/mol. The van der Waals surface area contributed by atoms with Gasteiger partial charge in [0.05, 0.1) is 4.88 Å². The second-order valence-electron chi connectivity index (χ2n) is 5.19. The van der Waals surface area contributed by atoms with Crippen LogP contribution in [0.4, 0.5) is 13.2 Å². The summed E-state index contributed by atoms with van der Waals surface area (Å²) in [6.07, 6.45) is -1.69. The second kappa shape index (κ2) is 4.87.